The van der Waals surface area contributed by atoms with Gasteiger partial charge in [0, 0.05) is 57.4 Å². The maximum absolute atomic E-state index is 5.76. The number of nitrogens with zero attached hydrogens (tertiary/aromatic N) is 4. The van der Waals surface area contributed by atoms with E-state index in [-0.39, 0.29) is 5.41 Å². The van der Waals surface area contributed by atoms with Crippen molar-refractivity contribution >= 4 is 34.9 Å². The summed E-state index contributed by atoms with van der Waals surface area (Å²) in [4.78, 5) is 14.6. The van der Waals surface area contributed by atoms with Crippen molar-refractivity contribution in [1.82, 2.24) is 15.3 Å². The highest BCUT2D eigenvalue weighted by Gasteiger charge is 2.34. The quantitative estimate of drug-likeness (QED) is 0.549. The highest BCUT2D eigenvalue weighted by Crippen LogP contribution is 2.34. The molecule has 3 aliphatic heterocycles. The van der Waals surface area contributed by atoms with Crippen LogP contribution in [0.15, 0.2) is 36.4 Å². The molecule has 5 rings (SSSR count). The summed E-state index contributed by atoms with van der Waals surface area (Å²) in [6.07, 6.45) is 5.65. The number of nitrogens with one attached hydrogen (secondary N) is 2. The minimum absolute atomic E-state index is 0.00868. The summed E-state index contributed by atoms with van der Waals surface area (Å²) in [6, 6.07) is 12.9. The molecular formula is C28H40N6OS. The number of thiocarbonyl (C=S) groups is 1. The number of aromatic nitrogens is 2. The van der Waals surface area contributed by atoms with Gasteiger partial charge in [0.15, 0.2) is 5.11 Å². The summed E-state index contributed by atoms with van der Waals surface area (Å²) >= 11 is 5.76. The predicted molar refractivity (Wildman–Crippen MR) is 151 cm³/mol. The van der Waals surface area contributed by atoms with Crippen LogP contribution in [0, 0.1) is 11.8 Å². The largest absolute Gasteiger partial charge is 0.381 e. The first-order valence-electron chi connectivity index (χ1n) is 13.6. The van der Waals surface area contributed by atoms with E-state index in [2.05, 4.69) is 70.7 Å². The lowest BCUT2D eigenvalue weighted by molar-refractivity contribution is 0.0515. The summed E-state index contributed by atoms with van der Waals surface area (Å²) < 4.78 is 5.69. The fourth-order valence-corrected chi connectivity index (χ4v) is 6.28. The number of anilines is 3. The number of benzene rings is 1. The first kappa shape index (κ1) is 25.2. The normalized spacial score (nSPS) is 23.9. The zero-order valence-electron chi connectivity index (χ0n) is 21.7. The molecule has 194 valence electrons. The fourth-order valence-electron chi connectivity index (χ4n) is 6.11. The second-order valence-corrected chi connectivity index (χ2v) is 11.4. The molecule has 3 fully saturated rings. The van der Waals surface area contributed by atoms with Crippen LogP contribution in [0.4, 0.5) is 17.6 Å². The Labute approximate surface area is 221 Å². The van der Waals surface area contributed by atoms with E-state index in [4.69, 9.17) is 26.9 Å². The Morgan fingerprint density at radius 3 is 2.31 bits per heavy atom. The highest BCUT2D eigenvalue weighted by molar-refractivity contribution is 7.80. The van der Waals surface area contributed by atoms with Crippen LogP contribution in [-0.2, 0) is 10.2 Å². The maximum Gasteiger partial charge on any atom is 0.232 e. The molecule has 3 aliphatic rings. The lowest BCUT2D eigenvalue weighted by Crippen LogP contribution is -2.45. The summed E-state index contributed by atoms with van der Waals surface area (Å²) in [5.74, 6) is 3.90. The topological polar surface area (TPSA) is 65.5 Å². The Hall–Kier alpha value is -2.45. The van der Waals surface area contributed by atoms with E-state index < -0.39 is 0 Å². The molecule has 4 heterocycles. The molecule has 0 unspecified atom stereocenters. The summed E-state index contributed by atoms with van der Waals surface area (Å²) in [7, 11) is 0. The average molecular weight is 509 g/mol. The third-order valence-corrected chi connectivity index (χ3v) is 8.22. The van der Waals surface area contributed by atoms with Crippen LogP contribution in [0.5, 0.6) is 0 Å². The number of rotatable bonds is 6. The Morgan fingerprint density at radius 1 is 1.00 bits per heavy atom. The molecule has 1 aromatic heterocycles. The van der Waals surface area contributed by atoms with E-state index in [0.29, 0.717) is 22.9 Å². The smallest absolute Gasteiger partial charge is 0.232 e. The van der Waals surface area contributed by atoms with E-state index in [9.17, 15) is 0 Å². The molecule has 8 heteroatoms. The molecule has 0 amide bonds. The van der Waals surface area contributed by atoms with E-state index in [1.54, 1.807) is 0 Å². The van der Waals surface area contributed by atoms with Crippen LogP contribution in [0.25, 0.3) is 0 Å². The van der Waals surface area contributed by atoms with Crippen LogP contribution in [0.2, 0.25) is 0 Å². The lowest BCUT2D eigenvalue weighted by atomic mass is 9.74. The van der Waals surface area contributed by atoms with Gasteiger partial charge in [0.25, 0.3) is 0 Å². The Bertz CT molecular complexity index is 1010. The van der Waals surface area contributed by atoms with Gasteiger partial charge in [0.05, 0.1) is 0 Å². The predicted octanol–water partition coefficient (Wildman–Crippen LogP) is 4.59. The van der Waals surface area contributed by atoms with Crippen molar-refractivity contribution in [1.29, 1.82) is 0 Å². The summed E-state index contributed by atoms with van der Waals surface area (Å²) in [5, 5.41) is 7.40. The van der Waals surface area contributed by atoms with E-state index in [1.165, 1.54) is 24.8 Å². The highest BCUT2D eigenvalue weighted by atomic mass is 32.1. The van der Waals surface area contributed by atoms with Crippen LogP contribution in [-0.4, -0.2) is 61.0 Å². The molecule has 0 bridgehead atoms. The molecule has 2 N–H and O–H groups in total. The van der Waals surface area contributed by atoms with Crippen LogP contribution < -0.4 is 20.4 Å². The molecular weight excluding hydrogens is 468 g/mol. The van der Waals surface area contributed by atoms with Crippen LogP contribution in [0.3, 0.4) is 0 Å². The van der Waals surface area contributed by atoms with Gasteiger partial charge in [-0.15, -0.1) is 0 Å². The third kappa shape index (κ3) is 5.92. The van der Waals surface area contributed by atoms with Crippen molar-refractivity contribution in [3.05, 3.63) is 42.0 Å². The Kier molecular flexibility index (Phi) is 7.91. The van der Waals surface area contributed by atoms with Gasteiger partial charge < -0.3 is 25.2 Å². The average Bonchev–Trinajstić information content (AvgIpc) is 3.43. The molecule has 1 aromatic carbocycles. The SMILES string of the molecule is C[C@@H]1C[C@@H](C)CN(c2cc(N3CCCC3)nc(NC(=S)NCC3(c4ccccc4)CCOCC3)n2)C1. The zero-order chi connectivity index (χ0) is 25.0. The molecule has 2 aromatic rings. The summed E-state index contributed by atoms with van der Waals surface area (Å²) in [6.45, 7) is 11.1. The second-order valence-electron chi connectivity index (χ2n) is 11.0. The molecule has 2 atom stereocenters. The lowest BCUT2D eigenvalue weighted by Gasteiger charge is -2.38. The minimum atomic E-state index is 0.00868. The molecule has 3 saturated heterocycles. The number of hydrogen-bond donors (Lipinski definition) is 2. The van der Waals surface area contributed by atoms with Gasteiger partial charge in [-0.05, 0) is 61.7 Å². The van der Waals surface area contributed by atoms with Gasteiger partial charge in [0.2, 0.25) is 5.95 Å². The van der Waals surface area contributed by atoms with E-state index in [1.807, 2.05) is 0 Å². The van der Waals surface area contributed by atoms with Crippen LogP contribution in [0.1, 0.15) is 51.5 Å². The molecule has 0 radical (unpaired) electrons. The van der Waals surface area contributed by atoms with Crippen molar-refractivity contribution in [2.75, 3.05) is 61.1 Å². The number of piperidine rings is 1. The first-order valence-corrected chi connectivity index (χ1v) is 14.0. The van der Waals surface area contributed by atoms with Gasteiger partial charge in [-0.2, -0.15) is 9.97 Å². The van der Waals surface area contributed by atoms with Crippen molar-refractivity contribution in [3.8, 4) is 0 Å². The fraction of sp³-hybridized carbons (Fsp3) is 0.607. The maximum atomic E-state index is 5.76. The molecule has 0 spiro atoms. The molecule has 0 aliphatic carbocycles. The zero-order valence-corrected chi connectivity index (χ0v) is 22.5. The van der Waals surface area contributed by atoms with E-state index in [0.717, 1.165) is 70.4 Å². The second kappa shape index (κ2) is 11.3. The van der Waals surface area contributed by atoms with Gasteiger partial charge >= 0.3 is 0 Å². The Balaban J connectivity index is 1.32. The van der Waals surface area contributed by atoms with Crippen LogP contribution >= 0.6 is 12.2 Å². The van der Waals surface area contributed by atoms with Gasteiger partial charge in [-0.1, -0.05) is 44.2 Å². The standard InChI is InChI=1S/C28H40N6OS/c1-21-16-22(2)19-34(18-21)25-17-24(33-12-6-7-13-33)30-26(31-25)32-27(36)29-20-28(10-14-35-15-11-28)23-8-4-3-5-9-23/h3-5,8-9,17,21-22H,6-7,10-16,18-20H2,1-2H3,(H2,29,30,31,32,36)/t21-,22-/m1/s1. The van der Waals surface area contributed by atoms with Gasteiger partial charge in [-0.3, -0.25) is 0 Å². The minimum Gasteiger partial charge on any atom is -0.381 e. The van der Waals surface area contributed by atoms with Crippen molar-refractivity contribution in [2.45, 2.75) is 51.4 Å². The monoisotopic (exact) mass is 508 g/mol. The van der Waals surface area contributed by atoms with Gasteiger partial charge in [-0.25, -0.2) is 0 Å². The molecule has 7 nitrogen and oxygen atoms in total. The molecule has 0 saturated carbocycles. The van der Waals surface area contributed by atoms with Gasteiger partial charge in [0.1, 0.15) is 11.6 Å². The number of ether oxygens (including phenoxy) is 1. The van der Waals surface area contributed by atoms with Crippen molar-refractivity contribution in [2.24, 2.45) is 11.8 Å². The van der Waals surface area contributed by atoms with Crippen molar-refractivity contribution < 1.29 is 4.74 Å². The first-order chi connectivity index (χ1) is 17.5. The van der Waals surface area contributed by atoms with Crippen molar-refractivity contribution in [3.63, 3.8) is 0 Å². The van der Waals surface area contributed by atoms with E-state index >= 15 is 0 Å². The third-order valence-electron chi connectivity index (χ3n) is 7.97. The Morgan fingerprint density at radius 2 is 1.64 bits per heavy atom. The number of hydrogen-bond acceptors (Lipinski definition) is 6. The molecule has 36 heavy (non-hydrogen) atoms. The summed E-state index contributed by atoms with van der Waals surface area (Å²) in [5.41, 5.74) is 1.35.